The molecule has 0 heterocycles. The number of allylic oxidation sites excluding steroid dienone is 1. The van der Waals surface area contributed by atoms with Gasteiger partial charge in [0.25, 0.3) is 0 Å². The van der Waals surface area contributed by atoms with Crippen LogP contribution >= 0.6 is 0 Å². The van der Waals surface area contributed by atoms with Crippen LogP contribution in [0.4, 0.5) is 0 Å². The summed E-state index contributed by atoms with van der Waals surface area (Å²) in [6.45, 7) is 6.71. The SMILES string of the molecule is CC(C)C(NC(=O)CCC(=O)OCC(=O)C1(O)CCC2C3CCC4=CC(=O)CCC4(C)C3C(O)CC21C)C(=O)NC(Cc1ccccc1)C(=O)O. The van der Waals surface area contributed by atoms with Crippen molar-refractivity contribution in [2.75, 3.05) is 6.61 Å². The molecule has 0 aromatic heterocycles. The molecule has 0 spiro atoms. The Labute approximate surface area is 298 Å². The molecule has 4 aliphatic rings. The molecule has 2 amide bonds. The number of Topliss-reactive ketones (excluding diaryl/α,β-unsaturated/α-hetero) is 1. The lowest BCUT2D eigenvalue weighted by molar-refractivity contribution is -0.184. The van der Waals surface area contributed by atoms with E-state index in [2.05, 4.69) is 17.6 Å². The van der Waals surface area contributed by atoms with E-state index < -0.39 is 71.3 Å². The third kappa shape index (κ3) is 7.53. The van der Waals surface area contributed by atoms with Gasteiger partial charge in [0.1, 0.15) is 17.7 Å². The van der Waals surface area contributed by atoms with E-state index in [9.17, 15) is 44.1 Å². The Balaban J connectivity index is 1.13. The van der Waals surface area contributed by atoms with E-state index in [0.29, 0.717) is 19.3 Å². The highest BCUT2D eigenvalue weighted by molar-refractivity contribution is 5.93. The van der Waals surface area contributed by atoms with Crippen LogP contribution in [0.15, 0.2) is 42.0 Å². The second kappa shape index (κ2) is 15.0. The highest BCUT2D eigenvalue weighted by Crippen LogP contribution is 2.67. The Bertz CT molecular complexity index is 1570. The van der Waals surface area contributed by atoms with E-state index in [4.69, 9.17) is 4.74 Å². The minimum absolute atomic E-state index is 0.0227. The molecule has 278 valence electrons. The van der Waals surface area contributed by atoms with Crippen LogP contribution in [0, 0.1) is 34.5 Å². The van der Waals surface area contributed by atoms with Gasteiger partial charge in [0.05, 0.1) is 12.5 Å². The topological polar surface area (TPSA) is 196 Å². The van der Waals surface area contributed by atoms with Gasteiger partial charge in [-0.05, 0) is 79.3 Å². The van der Waals surface area contributed by atoms with Crippen molar-refractivity contribution in [2.24, 2.45) is 34.5 Å². The smallest absolute Gasteiger partial charge is 0.326 e. The molecule has 5 rings (SSSR count). The second-order valence-electron chi connectivity index (χ2n) is 15.9. The monoisotopic (exact) mass is 708 g/mol. The summed E-state index contributed by atoms with van der Waals surface area (Å²) in [5.41, 5.74) is -1.20. The summed E-state index contributed by atoms with van der Waals surface area (Å²) in [5.74, 6) is -4.25. The third-order valence-corrected chi connectivity index (χ3v) is 12.6. The number of ketones is 2. The highest BCUT2D eigenvalue weighted by atomic mass is 16.5. The van der Waals surface area contributed by atoms with Gasteiger partial charge in [-0.1, -0.05) is 63.6 Å². The summed E-state index contributed by atoms with van der Waals surface area (Å²) < 4.78 is 5.25. The zero-order chi connectivity index (χ0) is 37.3. The van der Waals surface area contributed by atoms with Gasteiger partial charge < -0.3 is 30.7 Å². The maximum absolute atomic E-state index is 13.6. The number of hydrogen-bond acceptors (Lipinski definition) is 9. The summed E-state index contributed by atoms with van der Waals surface area (Å²) in [5, 5.41) is 38.3. The summed E-state index contributed by atoms with van der Waals surface area (Å²) in [7, 11) is 0. The minimum atomic E-state index is -1.80. The number of aliphatic carboxylic acids is 1. The van der Waals surface area contributed by atoms with E-state index in [-0.39, 0.29) is 61.1 Å². The zero-order valence-electron chi connectivity index (χ0n) is 30.0. The summed E-state index contributed by atoms with van der Waals surface area (Å²) in [6, 6.07) is 6.57. The quantitative estimate of drug-likeness (QED) is 0.190. The van der Waals surface area contributed by atoms with Crippen molar-refractivity contribution in [2.45, 2.75) is 116 Å². The largest absolute Gasteiger partial charge is 0.480 e. The van der Waals surface area contributed by atoms with Crippen LogP contribution in [0.2, 0.25) is 0 Å². The Morgan fingerprint density at radius 2 is 1.69 bits per heavy atom. The molecular weight excluding hydrogens is 656 g/mol. The molecule has 1 aromatic rings. The number of amides is 2. The second-order valence-corrected chi connectivity index (χ2v) is 15.9. The Hall–Kier alpha value is -3.90. The molecule has 0 saturated heterocycles. The first kappa shape index (κ1) is 38.3. The van der Waals surface area contributed by atoms with E-state index in [1.165, 1.54) is 0 Å². The Morgan fingerprint density at radius 1 is 0.980 bits per heavy atom. The van der Waals surface area contributed by atoms with Crippen LogP contribution in [0.3, 0.4) is 0 Å². The molecule has 9 unspecified atom stereocenters. The van der Waals surface area contributed by atoms with E-state index >= 15 is 0 Å². The molecule has 3 saturated carbocycles. The van der Waals surface area contributed by atoms with Gasteiger partial charge in [-0.3, -0.25) is 24.0 Å². The first-order chi connectivity index (χ1) is 24.0. The number of carboxylic acids is 1. The van der Waals surface area contributed by atoms with Crippen molar-refractivity contribution in [3.05, 3.63) is 47.5 Å². The van der Waals surface area contributed by atoms with Crippen LogP contribution in [0.5, 0.6) is 0 Å². The van der Waals surface area contributed by atoms with Crippen molar-refractivity contribution < 1.29 is 48.8 Å². The first-order valence-electron chi connectivity index (χ1n) is 18.2. The molecule has 0 bridgehead atoms. The summed E-state index contributed by atoms with van der Waals surface area (Å²) >= 11 is 0. The molecule has 9 atom stereocenters. The molecule has 12 heteroatoms. The fraction of sp³-hybridized carbons (Fsp3) is 0.641. The number of aliphatic hydroxyl groups excluding tert-OH is 1. The van der Waals surface area contributed by atoms with Gasteiger partial charge >= 0.3 is 11.9 Å². The number of benzene rings is 1. The van der Waals surface area contributed by atoms with E-state index in [1.807, 2.05) is 6.92 Å². The number of hydrogen-bond donors (Lipinski definition) is 5. The fourth-order valence-corrected chi connectivity index (χ4v) is 9.80. The number of carboxylic acid groups (broad SMARTS) is 1. The van der Waals surface area contributed by atoms with Crippen LogP contribution < -0.4 is 10.6 Å². The maximum Gasteiger partial charge on any atom is 0.326 e. The summed E-state index contributed by atoms with van der Waals surface area (Å²) in [4.78, 5) is 76.1. The lowest BCUT2D eigenvalue weighted by Crippen LogP contribution is -2.62. The number of carbonyl (C=O) groups is 6. The van der Waals surface area contributed by atoms with Gasteiger partial charge in [0.15, 0.2) is 12.4 Å². The van der Waals surface area contributed by atoms with Gasteiger partial charge in [-0.15, -0.1) is 0 Å². The average Bonchev–Trinajstić information content (AvgIpc) is 3.35. The average molecular weight is 709 g/mol. The molecule has 12 nitrogen and oxygen atoms in total. The van der Waals surface area contributed by atoms with Gasteiger partial charge in [0, 0.05) is 24.7 Å². The Morgan fingerprint density at radius 3 is 2.35 bits per heavy atom. The number of fused-ring (bicyclic) bond motifs is 5. The van der Waals surface area contributed by atoms with Crippen molar-refractivity contribution in [1.82, 2.24) is 10.6 Å². The van der Waals surface area contributed by atoms with Crippen LogP contribution in [0.25, 0.3) is 0 Å². The van der Waals surface area contributed by atoms with Gasteiger partial charge in [-0.2, -0.15) is 0 Å². The predicted molar refractivity (Wildman–Crippen MR) is 185 cm³/mol. The number of carbonyl (C=O) groups excluding carboxylic acids is 5. The number of nitrogens with one attached hydrogen (secondary N) is 2. The van der Waals surface area contributed by atoms with Gasteiger partial charge in [0.2, 0.25) is 17.6 Å². The van der Waals surface area contributed by atoms with Crippen LogP contribution in [-0.2, 0) is 39.9 Å². The van der Waals surface area contributed by atoms with E-state index in [1.54, 1.807) is 50.3 Å². The number of aliphatic hydroxyl groups is 2. The lowest BCUT2D eigenvalue weighted by Gasteiger charge is -2.60. The zero-order valence-corrected chi connectivity index (χ0v) is 30.0. The Kier molecular flexibility index (Phi) is 11.3. The first-order valence-corrected chi connectivity index (χ1v) is 18.2. The molecular formula is C39H52N2O10. The number of ether oxygens (including phenoxy) is 1. The van der Waals surface area contributed by atoms with Crippen molar-refractivity contribution in [3.8, 4) is 0 Å². The van der Waals surface area contributed by atoms with Crippen molar-refractivity contribution in [3.63, 3.8) is 0 Å². The van der Waals surface area contributed by atoms with Crippen molar-refractivity contribution >= 4 is 35.3 Å². The molecule has 51 heavy (non-hydrogen) atoms. The van der Waals surface area contributed by atoms with E-state index in [0.717, 1.165) is 24.0 Å². The summed E-state index contributed by atoms with van der Waals surface area (Å²) in [6.07, 6.45) is 3.98. The molecule has 4 aliphatic carbocycles. The number of esters is 1. The fourth-order valence-electron chi connectivity index (χ4n) is 9.80. The standard InChI is InChI=1S/C39H52N2O10/c1-22(2)34(35(47)40-28(36(48)49)18-23-8-6-5-7-9-23)41-31(45)12-13-32(46)51-21-30(44)39(50)17-15-27-26-11-10-24-19-25(42)14-16-37(24,3)33(26)29(43)20-38(27,39)4/h5-9,19,22,26-29,33-34,43,50H,10-18,20-21H2,1-4H3,(H,40,47)(H,41,45)(H,48,49). The lowest BCUT2D eigenvalue weighted by atomic mass is 9.45. The normalized spacial score (nSPS) is 32.4. The molecule has 0 aliphatic heterocycles. The molecule has 5 N–H and O–H groups in total. The van der Waals surface area contributed by atoms with Gasteiger partial charge in [-0.25, -0.2) is 4.79 Å². The highest BCUT2D eigenvalue weighted by Gasteiger charge is 2.68. The molecule has 0 radical (unpaired) electrons. The molecule has 1 aromatic carbocycles. The van der Waals surface area contributed by atoms with Crippen molar-refractivity contribution in [1.29, 1.82) is 0 Å². The predicted octanol–water partition coefficient (Wildman–Crippen LogP) is 3.07. The number of rotatable bonds is 13. The van der Waals surface area contributed by atoms with Crippen LogP contribution in [-0.4, -0.2) is 81.0 Å². The maximum atomic E-state index is 13.6. The van der Waals surface area contributed by atoms with Crippen LogP contribution in [0.1, 0.15) is 91.0 Å². The third-order valence-electron chi connectivity index (χ3n) is 12.6. The molecule has 3 fully saturated rings. The minimum Gasteiger partial charge on any atom is -0.480 e.